The molecule has 0 aromatic heterocycles. The summed E-state index contributed by atoms with van der Waals surface area (Å²) in [6.07, 6.45) is -0.243. The van der Waals surface area contributed by atoms with Crippen molar-refractivity contribution in [3.63, 3.8) is 0 Å². The molecule has 2 rings (SSSR count). The molecule has 0 saturated carbocycles. The van der Waals surface area contributed by atoms with E-state index >= 15 is 0 Å². The maximum absolute atomic E-state index is 11.6. The van der Waals surface area contributed by atoms with Crippen molar-refractivity contribution in [1.29, 1.82) is 0 Å². The fraction of sp³-hybridized carbons (Fsp3) is 0.533. The van der Waals surface area contributed by atoms with Gasteiger partial charge in [0.05, 0.1) is 19.3 Å². The Bertz CT molecular complexity index is 416. The Morgan fingerprint density at radius 1 is 1.25 bits per heavy atom. The van der Waals surface area contributed by atoms with E-state index in [-0.39, 0.29) is 18.7 Å². The Hall–Kier alpha value is -1.59. The largest absolute Gasteiger partial charge is 0.450 e. The number of carbonyl (C=O) groups is 1. The molecule has 0 bridgehead atoms. The Morgan fingerprint density at radius 3 is 2.45 bits per heavy atom. The van der Waals surface area contributed by atoms with Gasteiger partial charge in [0.2, 0.25) is 0 Å². The highest BCUT2D eigenvalue weighted by molar-refractivity contribution is 5.67. The molecule has 1 atom stereocenters. The molecule has 1 saturated heterocycles. The number of aliphatic hydroxyl groups excluding tert-OH is 1. The normalized spacial score (nSPS) is 17.8. The van der Waals surface area contributed by atoms with E-state index in [1.54, 1.807) is 4.90 Å². The van der Waals surface area contributed by atoms with Gasteiger partial charge < -0.3 is 14.7 Å². The third-order valence-corrected chi connectivity index (χ3v) is 3.64. The average molecular weight is 278 g/mol. The highest BCUT2D eigenvalue weighted by Gasteiger charge is 2.27. The second-order valence-electron chi connectivity index (χ2n) is 4.83. The summed E-state index contributed by atoms with van der Waals surface area (Å²) in [7, 11) is 0. The lowest BCUT2D eigenvalue weighted by Crippen LogP contribution is -2.50. The van der Waals surface area contributed by atoms with E-state index in [0.717, 1.165) is 18.7 Å². The van der Waals surface area contributed by atoms with Crippen molar-refractivity contribution in [2.24, 2.45) is 0 Å². The van der Waals surface area contributed by atoms with Crippen LogP contribution in [-0.4, -0.2) is 60.4 Å². The van der Waals surface area contributed by atoms with E-state index in [1.165, 1.54) is 0 Å². The molecule has 1 N–H and O–H groups in total. The zero-order valence-corrected chi connectivity index (χ0v) is 11.9. The van der Waals surface area contributed by atoms with Gasteiger partial charge in [-0.3, -0.25) is 4.90 Å². The summed E-state index contributed by atoms with van der Waals surface area (Å²) in [5.41, 5.74) is 1.11. The molecule has 20 heavy (non-hydrogen) atoms. The van der Waals surface area contributed by atoms with E-state index in [2.05, 4.69) is 4.90 Å². The van der Waals surface area contributed by atoms with Crippen molar-refractivity contribution in [3.05, 3.63) is 35.9 Å². The van der Waals surface area contributed by atoms with Crippen molar-refractivity contribution in [2.45, 2.75) is 13.0 Å². The third-order valence-electron chi connectivity index (χ3n) is 3.64. The molecule has 5 heteroatoms. The summed E-state index contributed by atoms with van der Waals surface area (Å²) < 4.78 is 5.01. The number of benzene rings is 1. The van der Waals surface area contributed by atoms with Crippen LogP contribution in [0.2, 0.25) is 0 Å². The summed E-state index contributed by atoms with van der Waals surface area (Å²) in [5, 5.41) is 9.64. The standard InChI is InChI=1S/C15H22N2O3/c1-2-20-15(19)17-10-8-16(9-11-17)14(12-18)13-6-4-3-5-7-13/h3-7,14,18H,2,8-12H2,1H3. The molecule has 1 aromatic carbocycles. The van der Waals surface area contributed by atoms with E-state index in [1.807, 2.05) is 37.3 Å². The van der Waals surface area contributed by atoms with Crippen LogP contribution in [0.1, 0.15) is 18.5 Å². The average Bonchev–Trinajstić information content (AvgIpc) is 2.50. The van der Waals surface area contributed by atoms with Gasteiger partial charge in [-0.15, -0.1) is 0 Å². The first kappa shape index (κ1) is 14.8. The molecule has 1 aliphatic rings. The van der Waals surface area contributed by atoms with Crippen LogP contribution in [0.15, 0.2) is 30.3 Å². The van der Waals surface area contributed by atoms with Gasteiger partial charge in [-0.1, -0.05) is 30.3 Å². The van der Waals surface area contributed by atoms with Crippen LogP contribution >= 0.6 is 0 Å². The molecular weight excluding hydrogens is 256 g/mol. The van der Waals surface area contributed by atoms with Crippen molar-refractivity contribution < 1.29 is 14.6 Å². The minimum atomic E-state index is -0.243. The Morgan fingerprint density at radius 2 is 1.90 bits per heavy atom. The molecule has 1 aliphatic heterocycles. The lowest BCUT2D eigenvalue weighted by atomic mass is 10.1. The van der Waals surface area contributed by atoms with E-state index in [4.69, 9.17) is 4.74 Å². The minimum absolute atomic E-state index is 0.000505. The summed E-state index contributed by atoms with van der Waals surface area (Å²) in [6.45, 7) is 5.08. The number of hydrogen-bond donors (Lipinski definition) is 1. The smallest absolute Gasteiger partial charge is 0.409 e. The molecule has 0 spiro atoms. The van der Waals surface area contributed by atoms with Crippen LogP contribution in [0, 0.1) is 0 Å². The monoisotopic (exact) mass is 278 g/mol. The lowest BCUT2D eigenvalue weighted by Gasteiger charge is -2.38. The molecule has 1 aromatic rings. The number of aliphatic hydroxyl groups is 1. The number of ether oxygens (including phenoxy) is 1. The fourth-order valence-electron chi connectivity index (χ4n) is 2.54. The van der Waals surface area contributed by atoms with Crippen LogP contribution in [0.3, 0.4) is 0 Å². The van der Waals surface area contributed by atoms with Gasteiger partial charge in [0.15, 0.2) is 0 Å². The fourth-order valence-corrected chi connectivity index (χ4v) is 2.54. The zero-order chi connectivity index (χ0) is 14.4. The molecule has 1 heterocycles. The van der Waals surface area contributed by atoms with Crippen LogP contribution < -0.4 is 0 Å². The Balaban J connectivity index is 1.94. The molecule has 1 amide bonds. The molecule has 1 unspecified atom stereocenters. The van der Waals surface area contributed by atoms with Gasteiger partial charge in [-0.05, 0) is 12.5 Å². The van der Waals surface area contributed by atoms with Crippen molar-refractivity contribution in [1.82, 2.24) is 9.80 Å². The zero-order valence-electron chi connectivity index (χ0n) is 11.9. The second-order valence-corrected chi connectivity index (χ2v) is 4.83. The molecule has 0 aliphatic carbocycles. The number of hydrogen-bond acceptors (Lipinski definition) is 4. The minimum Gasteiger partial charge on any atom is -0.450 e. The molecule has 110 valence electrons. The SMILES string of the molecule is CCOC(=O)N1CCN(C(CO)c2ccccc2)CC1. The predicted molar refractivity (Wildman–Crippen MR) is 76.4 cm³/mol. The molecule has 1 fully saturated rings. The number of carbonyl (C=O) groups excluding carboxylic acids is 1. The summed E-state index contributed by atoms with van der Waals surface area (Å²) in [4.78, 5) is 15.6. The summed E-state index contributed by atoms with van der Waals surface area (Å²) >= 11 is 0. The third kappa shape index (κ3) is 3.49. The van der Waals surface area contributed by atoms with Gasteiger partial charge >= 0.3 is 6.09 Å². The van der Waals surface area contributed by atoms with Crippen LogP contribution in [0.5, 0.6) is 0 Å². The van der Waals surface area contributed by atoms with Crippen molar-refractivity contribution >= 4 is 6.09 Å². The predicted octanol–water partition coefficient (Wildman–Crippen LogP) is 1.49. The topological polar surface area (TPSA) is 53.0 Å². The first-order chi connectivity index (χ1) is 9.76. The number of rotatable bonds is 4. The van der Waals surface area contributed by atoms with Crippen LogP contribution in [-0.2, 0) is 4.74 Å². The maximum Gasteiger partial charge on any atom is 0.409 e. The quantitative estimate of drug-likeness (QED) is 0.906. The van der Waals surface area contributed by atoms with Gasteiger partial charge in [0, 0.05) is 26.2 Å². The Labute approximate surface area is 119 Å². The summed E-state index contributed by atoms with van der Waals surface area (Å²) in [6, 6.07) is 9.98. The molecular formula is C15H22N2O3. The molecule has 5 nitrogen and oxygen atoms in total. The van der Waals surface area contributed by atoms with E-state index < -0.39 is 0 Å². The van der Waals surface area contributed by atoms with Crippen molar-refractivity contribution in [2.75, 3.05) is 39.4 Å². The second kappa shape index (κ2) is 7.26. The first-order valence-corrected chi connectivity index (χ1v) is 7.07. The maximum atomic E-state index is 11.6. The first-order valence-electron chi connectivity index (χ1n) is 7.07. The van der Waals surface area contributed by atoms with Gasteiger partial charge in [0.25, 0.3) is 0 Å². The number of nitrogens with zero attached hydrogens (tertiary/aromatic N) is 2. The van der Waals surface area contributed by atoms with Gasteiger partial charge in [-0.25, -0.2) is 4.79 Å². The summed E-state index contributed by atoms with van der Waals surface area (Å²) in [5.74, 6) is 0. The number of piperazine rings is 1. The van der Waals surface area contributed by atoms with Gasteiger partial charge in [0.1, 0.15) is 0 Å². The molecule has 0 radical (unpaired) electrons. The lowest BCUT2D eigenvalue weighted by molar-refractivity contribution is 0.0509. The van der Waals surface area contributed by atoms with Crippen LogP contribution in [0.25, 0.3) is 0 Å². The van der Waals surface area contributed by atoms with Crippen molar-refractivity contribution in [3.8, 4) is 0 Å². The number of amides is 1. The van der Waals surface area contributed by atoms with E-state index in [0.29, 0.717) is 19.7 Å². The highest BCUT2D eigenvalue weighted by atomic mass is 16.6. The van der Waals surface area contributed by atoms with Gasteiger partial charge in [-0.2, -0.15) is 0 Å². The highest BCUT2D eigenvalue weighted by Crippen LogP contribution is 2.21. The van der Waals surface area contributed by atoms with Crippen LogP contribution in [0.4, 0.5) is 4.79 Å². The van der Waals surface area contributed by atoms with E-state index in [9.17, 15) is 9.90 Å². The Kier molecular flexibility index (Phi) is 5.38.